The molecule has 3 amide bonds. The molecule has 32 heavy (non-hydrogen) atoms. The molecule has 2 heterocycles. The van der Waals surface area contributed by atoms with E-state index in [2.05, 4.69) is 4.98 Å². The first-order chi connectivity index (χ1) is 15.0. The molecule has 1 aromatic heterocycles. The van der Waals surface area contributed by atoms with Crippen LogP contribution in [0.25, 0.3) is 11.3 Å². The number of anilines is 2. The molecule has 0 aliphatic carbocycles. The van der Waals surface area contributed by atoms with Crippen molar-refractivity contribution < 1.29 is 19.1 Å². The summed E-state index contributed by atoms with van der Waals surface area (Å²) in [5.74, 6) is -0.239. The molecule has 0 saturated carbocycles. The lowest BCUT2D eigenvalue weighted by Crippen LogP contribution is -2.48. The van der Waals surface area contributed by atoms with Crippen LogP contribution in [0.2, 0.25) is 0 Å². The molecule has 0 spiro atoms. The van der Waals surface area contributed by atoms with Gasteiger partial charge in [-0.05, 0) is 45.7 Å². The molecule has 8 nitrogen and oxygen atoms in total. The average molecular weight is 459 g/mol. The van der Waals surface area contributed by atoms with Crippen LogP contribution in [0, 0.1) is 0 Å². The third-order valence-electron chi connectivity index (χ3n) is 5.28. The third kappa shape index (κ3) is 5.27. The maximum absolute atomic E-state index is 13.2. The van der Waals surface area contributed by atoms with Gasteiger partial charge in [0.2, 0.25) is 5.91 Å². The Morgan fingerprint density at radius 1 is 1.19 bits per heavy atom. The summed E-state index contributed by atoms with van der Waals surface area (Å²) >= 11 is 1.36. The molecule has 1 aliphatic rings. The predicted octanol–water partition coefficient (Wildman–Crippen LogP) is 4.16. The Morgan fingerprint density at radius 3 is 2.56 bits per heavy atom. The van der Waals surface area contributed by atoms with E-state index in [0.717, 1.165) is 23.4 Å². The molecule has 0 radical (unpaired) electrons. The van der Waals surface area contributed by atoms with Crippen LogP contribution in [-0.4, -0.2) is 60.1 Å². The number of benzene rings is 1. The number of ether oxygens (including phenoxy) is 1. The van der Waals surface area contributed by atoms with Crippen molar-refractivity contribution in [2.45, 2.75) is 52.2 Å². The Labute approximate surface area is 192 Å². The molecule has 0 N–H and O–H groups in total. The number of hydrogen-bond donors (Lipinski definition) is 0. The molecular weight excluding hydrogens is 428 g/mol. The Kier molecular flexibility index (Phi) is 6.88. The highest BCUT2D eigenvalue weighted by atomic mass is 32.1. The van der Waals surface area contributed by atoms with Crippen molar-refractivity contribution in [1.82, 2.24) is 9.88 Å². The Bertz CT molecular complexity index is 1010. The van der Waals surface area contributed by atoms with Crippen LogP contribution in [0.4, 0.5) is 15.6 Å². The van der Waals surface area contributed by atoms with Crippen molar-refractivity contribution in [2.75, 3.05) is 30.4 Å². The van der Waals surface area contributed by atoms with Gasteiger partial charge in [-0.25, -0.2) is 9.78 Å². The minimum atomic E-state index is -0.617. The standard InChI is InChI=1S/C23H30N4O4S/c1-15(28)25(5)17-10-7-9-16(13-17)18-14-32-21(24-18)26(6)20(29)19-11-8-12-27(19)22(30)31-23(2,3)4/h7,9-10,13-14,19H,8,11-12H2,1-6H3. The molecule has 9 heteroatoms. The van der Waals surface area contributed by atoms with Gasteiger partial charge in [-0.15, -0.1) is 11.3 Å². The highest BCUT2D eigenvalue weighted by Gasteiger charge is 2.38. The van der Waals surface area contributed by atoms with E-state index in [1.54, 1.807) is 19.0 Å². The van der Waals surface area contributed by atoms with E-state index in [0.29, 0.717) is 18.1 Å². The van der Waals surface area contributed by atoms with E-state index in [1.807, 2.05) is 50.4 Å². The maximum atomic E-state index is 13.2. The second-order valence-electron chi connectivity index (χ2n) is 8.87. The van der Waals surface area contributed by atoms with Gasteiger partial charge in [0.1, 0.15) is 11.6 Å². The molecule has 1 aliphatic heterocycles. The van der Waals surface area contributed by atoms with Crippen molar-refractivity contribution in [1.29, 1.82) is 0 Å². The number of carbonyl (C=O) groups is 3. The zero-order valence-corrected chi connectivity index (χ0v) is 20.2. The number of hydrogen-bond acceptors (Lipinski definition) is 6. The summed E-state index contributed by atoms with van der Waals surface area (Å²) in [6, 6.07) is 6.98. The second-order valence-corrected chi connectivity index (χ2v) is 9.71. The smallest absolute Gasteiger partial charge is 0.410 e. The predicted molar refractivity (Wildman–Crippen MR) is 126 cm³/mol. The maximum Gasteiger partial charge on any atom is 0.410 e. The van der Waals surface area contributed by atoms with E-state index in [-0.39, 0.29) is 11.8 Å². The van der Waals surface area contributed by atoms with Crippen LogP contribution in [-0.2, 0) is 14.3 Å². The zero-order valence-electron chi connectivity index (χ0n) is 19.4. The van der Waals surface area contributed by atoms with E-state index in [1.165, 1.54) is 28.1 Å². The molecule has 172 valence electrons. The van der Waals surface area contributed by atoms with E-state index < -0.39 is 17.7 Å². The molecule has 1 unspecified atom stereocenters. The van der Waals surface area contributed by atoms with Gasteiger partial charge >= 0.3 is 6.09 Å². The Morgan fingerprint density at radius 2 is 1.91 bits per heavy atom. The Hall–Kier alpha value is -2.94. The molecule has 1 atom stereocenters. The fourth-order valence-electron chi connectivity index (χ4n) is 3.49. The average Bonchev–Trinajstić information content (AvgIpc) is 3.40. The van der Waals surface area contributed by atoms with Gasteiger partial charge in [0.25, 0.3) is 5.91 Å². The van der Waals surface area contributed by atoms with Gasteiger partial charge in [0, 0.05) is 44.2 Å². The first kappa shape index (κ1) is 23.7. The van der Waals surface area contributed by atoms with Crippen molar-refractivity contribution in [3.63, 3.8) is 0 Å². The van der Waals surface area contributed by atoms with E-state index in [4.69, 9.17) is 4.74 Å². The quantitative estimate of drug-likeness (QED) is 0.687. The zero-order chi connectivity index (χ0) is 23.6. The fraction of sp³-hybridized carbons (Fsp3) is 0.478. The van der Waals surface area contributed by atoms with Gasteiger partial charge in [-0.2, -0.15) is 0 Å². The van der Waals surface area contributed by atoms with Crippen molar-refractivity contribution >= 4 is 40.1 Å². The van der Waals surface area contributed by atoms with Crippen LogP contribution < -0.4 is 9.80 Å². The number of likely N-dealkylation sites (tertiary alicyclic amines) is 1. The highest BCUT2D eigenvalue weighted by Crippen LogP contribution is 2.31. The topological polar surface area (TPSA) is 83.1 Å². The number of likely N-dealkylation sites (N-methyl/N-ethyl adjacent to an activating group) is 1. The van der Waals surface area contributed by atoms with Crippen molar-refractivity contribution in [2.24, 2.45) is 0 Å². The largest absolute Gasteiger partial charge is 0.444 e. The van der Waals surface area contributed by atoms with Crippen LogP contribution in [0.5, 0.6) is 0 Å². The summed E-state index contributed by atoms with van der Waals surface area (Å²) in [7, 11) is 3.40. The van der Waals surface area contributed by atoms with Gasteiger partial charge < -0.3 is 9.64 Å². The molecule has 0 bridgehead atoms. The second kappa shape index (κ2) is 9.28. The molecule has 1 fully saturated rings. The minimum Gasteiger partial charge on any atom is -0.444 e. The lowest BCUT2D eigenvalue weighted by atomic mass is 10.1. The van der Waals surface area contributed by atoms with Gasteiger partial charge in [0.15, 0.2) is 5.13 Å². The van der Waals surface area contributed by atoms with Crippen molar-refractivity contribution in [3.8, 4) is 11.3 Å². The lowest BCUT2D eigenvalue weighted by Gasteiger charge is -2.29. The normalized spacial score (nSPS) is 16.1. The van der Waals surface area contributed by atoms with Gasteiger partial charge in [-0.1, -0.05) is 12.1 Å². The third-order valence-corrected chi connectivity index (χ3v) is 6.19. The molecular formula is C23H30N4O4S. The molecule has 3 rings (SSSR count). The number of rotatable bonds is 4. The SMILES string of the molecule is CC(=O)N(C)c1cccc(-c2csc(N(C)C(=O)C3CCCN3C(=O)OC(C)(C)C)n2)c1. The van der Waals surface area contributed by atoms with Crippen molar-refractivity contribution in [3.05, 3.63) is 29.6 Å². The molecule has 1 saturated heterocycles. The number of amides is 3. The number of nitrogens with zero attached hydrogens (tertiary/aromatic N) is 4. The first-order valence-corrected chi connectivity index (χ1v) is 11.4. The lowest BCUT2D eigenvalue weighted by molar-refractivity contribution is -0.122. The molecule has 2 aromatic rings. The highest BCUT2D eigenvalue weighted by molar-refractivity contribution is 7.14. The van der Waals surface area contributed by atoms with Crippen LogP contribution >= 0.6 is 11.3 Å². The van der Waals surface area contributed by atoms with Gasteiger partial charge in [0.05, 0.1) is 5.69 Å². The van der Waals surface area contributed by atoms with E-state index >= 15 is 0 Å². The van der Waals surface area contributed by atoms with E-state index in [9.17, 15) is 14.4 Å². The summed E-state index contributed by atoms with van der Waals surface area (Å²) in [6.07, 6.45) is 0.886. The number of carbonyl (C=O) groups excluding carboxylic acids is 3. The summed E-state index contributed by atoms with van der Waals surface area (Å²) in [5.41, 5.74) is 1.73. The molecule has 1 aromatic carbocycles. The summed E-state index contributed by atoms with van der Waals surface area (Å²) in [4.78, 5) is 46.6. The first-order valence-electron chi connectivity index (χ1n) is 10.6. The van der Waals surface area contributed by atoms with Crippen LogP contribution in [0.1, 0.15) is 40.5 Å². The van der Waals surface area contributed by atoms with Crippen LogP contribution in [0.3, 0.4) is 0 Å². The van der Waals surface area contributed by atoms with Gasteiger partial charge in [-0.3, -0.25) is 19.4 Å². The fourth-order valence-corrected chi connectivity index (χ4v) is 4.29. The number of aromatic nitrogens is 1. The minimum absolute atomic E-state index is 0.0578. The Balaban J connectivity index is 1.76. The summed E-state index contributed by atoms with van der Waals surface area (Å²) < 4.78 is 5.47. The van der Waals surface area contributed by atoms with Crippen LogP contribution in [0.15, 0.2) is 29.6 Å². The summed E-state index contributed by atoms with van der Waals surface area (Å²) in [6.45, 7) is 7.44. The monoisotopic (exact) mass is 458 g/mol. The number of thiazole rings is 1. The summed E-state index contributed by atoms with van der Waals surface area (Å²) in [5, 5.41) is 2.43.